The summed E-state index contributed by atoms with van der Waals surface area (Å²) in [6, 6.07) is 1.84. The van der Waals surface area contributed by atoms with E-state index in [2.05, 4.69) is 31.1 Å². The van der Waals surface area contributed by atoms with Gasteiger partial charge in [0.25, 0.3) is 0 Å². The van der Waals surface area contributed by atoms with Crippen LogP contribution in [0.5, 0.6) is 0 Å². The van der Waals surface area contributed by atoms with Crippen molar-refractivity contribution in [3.8, 4) is 0 Å². The number of ether oxygens (including phenoxy) is 1. The number of pyridine rings is 1. The van der Waals surface area contributed by atoms with Gasteiger partial charge < -0.3 is 10.1 Å². The fraction of sp³-hybridized carbons (Fsp3) is 0.545. The van der Waals surface area contributed by atoms with E-state index >= 15 is 0 Å². The summed E-state index contributed by atoms with van der Waals surface area (Å²) in [5.41, 5.74) is 0. The predicted octanol–water partition coefficient (Wildman–Crippen LogP) is 2.24. The van der Waals surface area contributed by atoms with E-state index < -0.39 is 0 Å². The van der Waals surface area contributed by atoms with Crippen molar-refractivity contribution >= 4 is 33.3 Å². The number of aromatic nitrogens is 1. The van der Waals surface area contributed by atoms with E-state index in [0.717, 1.165) is 49.7 Å². The number of rotatable bonds is 4. The number of hydrogen-bond acceptors (Lipinski definition) is 4. The molecule has 1 aromatic rings. The third kappa shape index (κ3) is 4.10. The largest absolute Gasteiger partial charge is 0.379 e. The Morgan fingerprint density at radius 3 is 2.94 bits per heavy atom. The molecule has 6 heteroatoms. The van der Waals surface area contributed by atoms with Gasteiger partial charge in [-0.1, -0.05) is 11.6 Å². The van der Waals surface area contributed by atoms with Crippen LogP contribution in [0, 0.1) is 0 Å². The minimum Gasteiger partial charge on any atom is -0.379 e. The molecule has 1 aliphatic rings. The Labute approximate surface area is 114 Å². The second-order valence-electron chi connectivity index (χ2n) is 3.86. The van der Waals surface area contributed by atoms with E-state index in [1.165, 1.54) is 0 Å². The molecule has 0 unspecified atom stereocenters. The maximum Gasteiger partial charge on any atom is 0.140 e. The van der Waals surface area contributed by atoms with Crippen LogP contribution in [-0.2, 0) is 4.74 Å². The fourth-order valence-corrected chi connectivity index (χ4v) is 2.48. The molecular weight excluding hydrogens is 305 g/mol. The minimum absolute atomic E-state index is 0.635. The first-order valence-electron chi connectivity index (χ1n) is 5.61. The molecule has 1 aliphatic heterocycles. The summed E-state index contributed by atoms with van der Waals surface area (Å²) < 4.78 is 6.20. The Hall–Kier alpha value is -0.360. The van der Waals surface area contributed by atoms with Gasteiger partial charge in [0.2, 0.25) is 0 Å². The van der Waals surface area contributed by atoms with Gasteiger partial charge in [-0.2, -0.15) is 0 Å². The molecule has 1 fully saturated rings. The first kappa shape index (κ1) is 13.1. The fourth-order valence-electron chi connectivity index (χ4n) is 1.70. The van der Waals surface area contributed by atoms with Crippen LogP contribution in [-0.4, -0.2) is 49.3 Å². The van der Waals surface area contributed by atoms with E-state index in [1.54, 1.807) is 6.20 Å². The monoisotopic (exact) mass is 319 g/mol. The smallest absolute Gasteiger partial charge is 0.140 e. The first-order chi connectivity index (χ1) is 8.25. The van der Waals surface area contributed by atoms with Crippen LogP contribution in [0.4, 0.5) is 5.82 Å². The summed E-state index contributed by atoms with van der Waals surface area (Å²) in [7, 11) is 0. The zero-order valence-corrected chi connectivity index (χ0v) is 11.8. The molecule has 0 spiro atoms. The molecule has 1 aromatic heterocycles. The van der Waals surface area contributed by atoms with Crippen molar-refractivity contribution in [3.05, 3.63) is 21.8 Å². The summed E-state index contributed by atoms with van der Waals surface area (Å²) in [5, 5.41) is 3.92. The van der Waals surface area contributed by atoms with Gasteiger partial charge in [0, 0.05) is 32.4 Å². The number of nitrogens with one attached hydrogen (secondary N) is 1. The van der Waals surface area contributed by atoms with Crippen LogP contribution < -0.4 is 5.32 Å². The predicted molar refractivity (Wildman–Crippen MR) is 72.7 cm³/mol. The van der Waals surface area contributed by atoms with Crippen molar-refractivity contribution in [2.75, 3.05) is 44.7 Å². The summed E-state index contributed by atoms with van der Waals surface area (Å²) in [5.74, 6) is 0.836. The molecule has 0 amide bonds. The second kappa shape index (κ2) is 6.54. The van der Waals surface area contributed by atoms with Crippen LogP contribution in [0.1, 0.15) is 0 Å². The van der Waals surface area contributed by atoms with Gasteiger partial charge in [0.05, 0.1) is 22.7 Å². The molecule has 17 heavy (non-hydrogen) atoms. The first-order valence-corrected chi connectivity index (χ1v) is 6.78. The zero-order valence-electron chi connectivity index (χ0n) is 9.46. The molecule has 2 heterocycles. The van der Waals surface area contributed by atoms with Crippen molar-refractivity contribution in [2.24, 2.45) is 0 Å². The van der Waals surface area contributed by atoms with Gasteiger partial charge in [-0.15, -0.1) is 0 Å². The van der Waals surface area contributed by atoms with Crippen LogP contribution in [0.15, 0.2) is 16.7 Å². The van der Waals surface area contributed by atoms with E-state index in [-0.39, 0.29) is 0 Å². The number of halogens is 2. The lowest BCUT2D eigenvalue weighted by atomic mass is 10.4. The molecule has 0 saturated carbocycles. The molecule has 0 aromatic carbocycles. The minimum atomic E-state index is 0.635. The van der Waals surface area contributed by atoms with Gasteiger partial charge in [0.15, 0.2) is 0 Å². The van der Waals surface area contributed by atoms with Crippen LogP contribution in [0.3, 0.4) is 0 Å². The molecule has 4 nitrogen and oxygen atoms in total. The Morgan fingerprint density at radius 1 is 1.47 bits per heavy atom. The number of hydrogen-bond donors (Lipinski definition) is 1. The van der Waals surface area contributed by atoms with Crippen molar-refractivity contribution in [3.63, 3.8) is 0 Å². The molecule has 0 bridgehead atoms. The molecule has 0 aliphatic carbocycles. The zero-order chi connectivity index (χ0) is 12.1. The third-order valence-electron chi connectivity index (χ3n) is 2.63. The lowest BCUT2D eigenvalue weighted by Gasteiger charge is -2.26. The van der Waals surface area contributed by atoms with E-state index in [1.807, 2.05) is 6.07 Å². The van der Waals surface area contributed by atoms with Crippen LogP contribution in [0.2, 0.25) is 5.02 Å². The summed E-state index contributed by atoms with van der Waals surface area (Å²) in [6.07, 6.45) is 1.64. The quantitative estimate of drug-likeness (QED) is 0.923. The number of morpholine rings is 1. The second-order valence-corrected chi connectivity index (χ2v) is 5.16. The maximum atomic E-state index is 5.83. The topological polar surface area (TPSA) is 37.4 Å². The summed E-state index contributed by atoms with van der Waals surface area (Å²) in [4.78, 5) is 6.60. The Morgan fingerprint density at radius 2 is 2.24 bits per heavy atom. The van der Waals surface area contributed by atoms with Crippen molar-refractivity contribution < 1.29 is 4.74 Å². The third-order valence-corrected chi connectivity index (χ3v) is 3.44. The highest BCUT2D eigenvalue weighted by Crippen LogP contribution is 2.22. The van der Waals surface area contributed by atoms with E-state index in [9.17, 15) is 0 Å². The van der Waals surface area contributed by atoms with Crippen LogP contribution >= 0.6 is 27.5 Å². The van der Waals surface area contributed by atoms with Crippen molar-refractivity contribution in [1.29, 1.82) is 0 Å². The Kier molecular flexibility index (Phi) is 5.03. The molecule has 94 valence electrons. The molecule has 0 atom stereocenters. The Balaban J connectivity index is 1.77. The average molecular weight is 321 g/mol. The lowest BCUT2D eigenvalue weighted by Crippen LogP contribution is -2.39. The highest BCUT2D eigenvalue weighted by Gasteiger charge is 2.09. The van der Waals surface area contributed by atoms with Gasteiger partial charge in [-0.25, -0.2) is 4.98 Å². The van der Waals surface area contributed by atoms with E-state index in [0.29, 0.717) is 5.02 Å². The highest BCUT2D eigenvalue weighted by molar-refractivity contribution is 9.10. The SMILES string of the molecule is Clc1cnc(NCCN2CCOCC2)c(Br)c1. The van der Waals surface area contributed by atoms with Gasteiger partial charge >= 0.3 is 0 Å². The standard InChI is InChI=1S/C11H15BrClN3O/c12-10-7-9(13)8-15-11(10)14-1-2-16-3-5-17-6-4-16/h7-8H,1-6H2,(H,14,15). The van der Waals surface area contributed by atoms with Gasteiger partial charge in [0.1, 0.15) is 5.82 Å². The highest BCUT2D eigenvalue weighted by atomic mass is 79.9. The molecule has 2 rings (SSSR count). The molecule has 0 radical (unpaired) electrons. The van der Waals surface area contributed by atoms with Crippen molar-refractivity contribution in [1.82, 2.24) is 9.88 Å². The molecule has 1 saturated heterocycles. The van der Waals surface area contributed by atoms with Gasteiger partial charge in [-0.3, -0.25) is 4.90 Å². The molecular formula is C11H15BrClN3O. The normalized spacial score (nSPS) is 17.1. The number of anilines is 1. The maximum absolute atomic E-state index is 5.83. The van der Waals surface area contributed by atoms with Gasteiger partial charge in [-0.05, 0) is 22.0 Å². The average Bonchev–Trinajstić information content (AvgIpc) is 2.33. The summed E-state index contributed by atoms with van der Waals surface area (Å²) >= 11 is 9.26. The van der Waals surface area contributed by atoms with Crippen LogP contribution in [0.25, 0.3) is 0 Å². The lowest BCUT2D eigenvalue weighted by molar-refractivity contribution is 0.0398. The Bertz CT molecular complexity index is 372. The molecule has 1 N–H and O–H groups in total. The number of nitrogens with zero attached hydrogens (tertiary/aromatic N) is 2. The van der Waals surface area contributed by atoms with Crippen molar-refractivity contribution in [2.45, 2.75) is 0 Å². The summed E-state index contributed by atoms with van der Waals surface area (Å²) in [6.45, 7) is 5.56. The van der Waals surface area contributed by atoms with E-state index in [4.69, 9.17) is 16.3 Å².